The first-order valence-electron chi connectivity index (χ1n) is 4.82. The fourth-order valence-electron chi connectivity index (χ4n) is 1.92. The second-order valence-corrected chi connectivity index (χ2v) is 4.59. The van der Waals surface area contributed by atoms with E-state index in [1.54, 1.807) is 23.7 Å². The Hall–Kier alpha value is -1.81. The molecule has 0 fully saturated rings. The molecular formula is C12H7NO2S. The molecule has 0 saturated carbocycles. The van der Waals surface area contributed by atoms with Gasteiger partial charge in [0.1, 0.15) is 5.69 Å². The summed E-state index contributed by atoms with van der Waals surface area (Å²) >= 11 is 1.31. The van der Waals surface area contributed by atoms with Gasteiger partial charge < -0.3 is 0 Å². The van der Waals surface area contributed by atoms with E-state index in [9.17, 15) is 9.59 Å². The van der Waals surface area contributed by atoms with Gasteiger partial charge in [-0.25, -0.2) is 0 Å². The minimum absolute atomic E-state index is 0.0785. The Labute approximate surface area is 95.8 Å². The van der Waals surface area contributed by atoms with Crippen molar-refractivity contribution in [2.75, 3.05) is 0 Å². The number of nitrogens with zero attached hydrogens (tertiary/aromatic N) is 1. The fourth-order valence-corrected chi connectivity index (χ4v) is 2.76. The Morgan fingerprint density at radius 2 is 2.00 bits per heavy atom. The molecule has 0 spiro atoms. The molecule has 0 atom stereocenters. The lowest BCUT2D eigenvalue weighted by Crippen LogP contribution is -2.21. The summed E-state index contributed by atoms with van der Waals surface area (Å²) in [5, 5.41) is 1.77. The van der Waals surface area contributed by atoms with E-state index in [0.29, 0.717) is 16.0 Å². The molecule has 16 heavy (non-hydrogen) atoms. The number of thiophene rings is 1. The number of carbonyl (C=O) groups excluding carboxylic acids is 2. The molecule has 78 valence electrons. The molecule has 2 aromatic heterocycles. The molecule has 3 nitrogen and oxygen atoms in total. The van der Waals surface area contributed by atoms with E-state index in [-0.39, 0.29) is 17.3 Å². The highest BCUT2D eigenvalue weighted by atomic mass is 32.1. The molecule has 0 bridgehead atoms. The maximum atomic E-state index is 12.2. The number of pyridine rings is 1. The number of rotatable bonds is 0. The summed E-state index contributed by atoms with van der Waals surface area (Å²) in [4.78, 5) is 28.8. The van der Waals surface area contributed by atoms with Crippen molar-refractivity contribution in [2.24, 2.45) is 0 Å². The molecule has 4 heteroatoms. The van der Waals surface area contributed by atoms with Crippen LogP contribution in [-0.2, 0) is 0 Å². The zero-order valence-electron chi connectivity index (χ0n) is 8.48. The van der Waals surface area contributed by atoms with Gasteiger partial charge in [0, 0.05) is 11.8 Å². The zero-order chi connectivity index (χ0) is 11.3. The van der Waals surface area contributed by atoms with Crippen LogP contribution in [0.25, 0.3) is 0 Å². The highest BCUT2D eigenvalue weighted by Gasteiger charge is 2.32. The van der Waals surface area contributed by atoms with E-state index in [1.165, 1.54) is 11.3 Å². The van der Waals surface area contributed by atoms with Gasteiger partial charge in [0.15, 0.2) is 0 Å². The normalized spacial score (nSPS) is 13.6. The van der Waals surface area contributed by atoms with Crippen LogP contribution in [0.3, 0.4) is 0 Å². The molecule has 1 aliphatic rings. The van der Waals surface area contributed by atoms with Gasteiger partial charge in [-0.05, 0) is 30.0 Å². The molecule has 0 saturated heterocycles. The van der Waals surface area contributed by atoms with Crippen LogP contribution in [0.4, 0.5) is 0 Å². The third-order valence-electron chi connectivity index (χ3n) is 2.72. The van der Waals surface area contributed by atoms with Gasteiger partial charge in [0.05, 0.1) is 10.4 Å². The van der Waals surface area contributed by atoms with Crippen molar-refractivity contribution in [3.05, 3.63) is 51.0 Å². The second-order valence-electron chi connectivity index (χ2n) is 3.67. The highest BCUT2D eigenvalue weighted by molar-refractivity contribution is 7.12. The fraction of sp³-hybridized carbons (Fsp3) is 0.0833. The summed E-state index contributed by atoms with van der Waals surface area (Å²) in [6.07, 6.45) is 1.57. The third kappa shape index (κ3) is 1.05. The maximum Gasteiger partial charge on any atom is 0.213 e. The number of ketones is 2. The summed E-state index contributed by atoms with van der Waals surface area (Å²) in [5.41, 5.74) is 2.04. The maximum absolute atomic E-state index is 12.2. The summed E-state index contributed by atoms with van der Waals surface area (Å²) < 4.78 is 0. The van der Waals surface area contributed by atoms with E-state index in [1.807, 2.05) is 6.92 Å². The van der Waals surface area contributed by atoms with E-state index in [2.05, 4.69) is 4.98 Å². The van der Waals surface area contributed by atoms with Crippen LogP contribution in [0.2, 0.25) is 0 Å². The molecule has 0 aliphatic heterocycles. The first-order valence-corrected chi connectivity index (χ1v) is 5.70. The first-order chi connectivity index (χ1) is 7.70. The van der Waals surface area contributed by atoms with Gasteiger partial charge >= 0.3 is 0 Å². The van der Waals surface area contributed by atoms with Crippen LogP contribution in [0, 0.1) is 6.92 Å². The average molecular weight is 229 g/mol. The largest absolute Gasteiger partial charge is 0.288 e. The third-order valence-corrected chi connectivity index (χ3v) is 3.63. The van der Waals surface area contributed by atoms with Crippen LogP contribution in [0.1, 0.15) is 36.9 Å². The van der Waals surface area contributed by atoms with Crippen molar-refractivity contribution < 1.29 is 9.59 Å². The Morgan fingerprint density at radius 3 is 2.81 bits per heavy atom. The monoisotopic (exact) mass is 229 g/mol. The average Bonchev–Trinajstić information content (AvgIpc) is 2.75. The smallest absolute Gasteiger partial charge is 0.213 e. The quantitative estimate of drug-likeness (QED) is 0.594. The molecule has 0 radical (unpaired) electrons. The van der Waals surface area contributed by atoms with E-state index >= 15 is 0 Å². The molecule has 0 unspecified atom stereocenters. The molecule has 2 heterocycles. The van der Waals surface area contributed by atoms with Crippen molar-refractivity contribution in [2.45, 2.75) is 6.92 Å². The Kier molecular flexibility index (Phi) is 1.82. The molecule has 3 rings (SSSR count). The number of hydrogen-bond donors (Lipinski definition) is 0. The SMILES string of the molecule is Cc1ccnc2c1C(=O)c1sccc1C2=O. The number of carbonyl (C=O) groups is 2. The number of fused-ring (bicyclic) bond motifs is 2. The minimum atomic E-state index is -0.144. The Morgan fingerprint density at radius 1 is 1.19 bits per heavy atom. The van der Waals surface area contributed by atoms with E-state index < -0.39 is 0 Å². The molecule has 2 aromatic rings. The first kappa shape index (κ1) is 9.42. The summed E-state index contributed by atoms with van der Waals surface area (Å²) in [6.45, 7) is 1.82. The highest BCUT2D eigenvalue weighted by Crippen LogP contribution is 2.30. The van der Waals surface area contributed by atoms with Crippen LogP contribution in [-0.4, -0.2) is 16.6 Å². The van der Waals surface area contributed by atoms with E-state index in [4.69, 9.17) is 0 Å². The van der Waals surface area contributed by atoms with Gasteiger partial charge in [-0.1, -0.05) is 0 Å². The molecule has 0 amide bonds. The topological polar surface area (TPSA) is 47.0 Å². The number of hydrogen-bond acceptors (Lipinski definition) is 4. The van der Waals surface area contributed by atoms with E-state index in [0.717, 1.165) is 5.56 Å². The van der Waals surface area contributed by atoms with Gasteiger partial charge in [0.2, 0.25) is 11.6 Å². The van der Waals surface area contributed by atoms with Gasteiger partial charge in [-0.3, -0.25) is 14.6 Å². The summed E-state index contributed by atoms with van der Waals surface area (Å²) in [7, 11) is 0. The number of aryl methyl sites for hydroxylation is 1. The predicted molar refractivity (Wildman–Crippen MR) is 60.2 cm³/mol. The zero-order valence-corrected chi connectivity index (χ0v) is 9.30. The lowest BCUT2D eigenvalue weighted by Gasteiger charge is -2.14. The lowest BCUT2D eigenvalue weighted by atomic mass is 9.90. The van der Waals surface area contributed by atoms with Crippen LogP contribution in [0.15, 0.2) is 23.7 Å². The molecule has 0 aromatic carbocycles. The van der Waals surface area contributed by atoms with Crippen molar-refractivity contribution in [3.8, 4) is 0 Å². The van der Waals surface area contributed by atoms with Gasteiger partial charge in [-0.2, -0.15) is 0 Å². The van der Waals surface area contributed by atoms with Gasteiger partial charge in [-0.15, -0.1) is 11.3 Å². The summed E-state index contributed by atoms with van der Waals surface area (Å²) in [6, 6.07) is 3.44. The summed E-state index contributed by atoms with van der Waals surface area (Å²) in [5.74, 6) is -0.222. The van der Waals surface area contributed by atoms with Crippen molar-refractivity contribution in [1.29, 1.82) is 0 Å². The minimum Gasteiger partial charge on any atom is -0.288 e. The van der Waals surface area contributed by atoms with Crippen molar-refractivity contribution in [1.82, 2.24) is 4.98 Å². The molecular weight excluding hydrogens is 222 g/mol. The van der Waals surface area contributed by atoms with Crippen LogP contribution in [0.5, 0.6) is 0 Å². The standard InChI is InChI=1S/C12H7NO2S/c1-6-2-4-13-9-8(6)11(15)12-7(10(9)14)3-5-16-12/h2-5H,1H3. The van der Waals surface area contributed by atoms with Crippen LogP contribution < -0.4 is 0 Å². The molecule has 1 aliphatic carbocycles. The van der Waals surface area contributed by atoms with Crippen LogP contribution >= 0.6 is 11.3 Å². The van der Waals surface area contributed by atoms with Crippen molar-refractivity contribution in [3.63, 3.8) is 0 Å². The lowest BCUT2D eigenvalue weighted by molar-refractivity contribution is 0.0978. The predicted octanol–water partition coefficient (Wildman–Crippen LogP) is 2.23. The Bertz CT molecular complexity index is 628. The molecule has 0 N–H and O–H groups in total. The second kappa shape index (κ2) is 3.09. The Balaban J connectivity index is 2.38. The van der Waals surface area contributed by atoms with Crippen molar-refractivity contribution >= 4 is 22.9 Å². The number of aromatic nitrogens is 1. The van der Waals surface area contributed by atoms with Gasteiger partial charge in [0.25, 0.3) is 0 Å².